The van der Waals surface area contributed by atoms with E-state index in [1.54, 1.807) is 11.2 Å². The van der Waals surface area contributed by atoms with Crippen LogP contribution in [0.1, 0.15) is 58.4 Å². The van der Waals surface area contributed by atoms with Crippen molar-refractivity contribution in [3.8, 4) is 11.9 Å². The van der Waals surface area contributed by atoms with E-state index >= 15 is 0 Å². The van der Waals surface area contributed by atoms with Gasteiger partial charge in [0, 0.05) is 19.1 Å². The number of ether oxygens (including phenoxy) is 1. The summed E-state index contributed by atoms with van der Waals surface area (Å²) in [6.07, 6.45) is 4.50. The van der Waals surface area contributed by atoms with Crippen LogP contribution in [-0.2, 0) is 10.0 Å². The van der Waals surface area contributed by atoms with E-state index in [1.807, 2.05) is 19.9 Å². The third-order valence-corrected chi connectivity index (χ3v) is 7.94. The first-order chi connectivity index (χ1) is 14.1. The van der Waals surface area contributed by atoms with Crippen molar-refractivity contribution in [1.29, 1.82) is 5.26 Å². The fourth-order valence-electron chi connectivity index (χ4n) is 4.03. The summed E-state index contributed by atoms with van der Waals surface area (Å²) >= 11 is 0. The summed E-state index contributed by atoms with van der Waals surface area (Å²) in [7, 11) is -3.22. The van der Waals surface area contributed by atoms with Crippen molar-refractivity contribution in [3.05, 3.63) is 11.8 Å². The highest BCUT2D eigenvalue weighted by molar-refractivity contribution is 7.89. The summed E-state index contributed by atoms with van der Waals surface area (Å²) in [5.74, 6) is 0.761. The van der Waals surface area contributed by atoms with Crippen molar-refractivity contribution in [2.75, 3.05) is 24.2 Å². The largest absolute Gasteiger partial charge is 0.470 e. The van der Waals surface area contributed by atoms with Crippen molar-refractivity contribution in [1.82, 2.24) is 14.3 Å². The molecule has 166 valence electrons. The molecular formula is C20H31N5O4S. The number of anilines is 1. The molecule has 1 aromatic rings. The minimum Gasteiger partial charge on any atom is -0.470 e. The monoisotopic (exact) mass is 437 g/mol. The Kier molecular flexibility index (Phi) is 6.84. The smallest absolute Gasteiger partial charge is 0.236 e. The van der Waals surface area contributed by atoms with Crippen LogP contribution in [0.2, 0.25) is 0 Å². The summed E-state index contributed by atoms with van der Waals surface area (Å²) in [6, 6.07) is 2.07. The molecule has 1 saturated heterocycles. The Morgan fingerprint density at radius 3 is 2.67 bits per heavy atom. The maximum atomic E-state index is 12.4. The molecule has 10 heteroatoms. The Hall–Kier alpha value is -1.96. The number of piperidine rings is 1. The number of nitrogens with zero attached hydrogens (tertiary/aromatic N) is 4. The fraction of sp³-hybridized carbons (Fsp3) is 0.750. The van der Waals surface area contributed by atoms with Crippen molar-refractivity contribution in [3.63, 3.8) is 0 Å². The Bertz CT molecular complexity index is 889. The van der Waals surface area contributed by atoms with E-state index in [0.717, 1.165) is 6.42 Å². The van der Waals surface area contributed by atoms with Gasteiger partial charge in [0.05, 0.1) is 17.6 Å². The lowest BCUT2D eigenvalue weighted by Crippen LogP contribution is -2.44. The number of nitrogens with one attached hydrogen (secondary N) is 1. The molecule has 0 amide bonds. The van der Waals surface area contributed by atoms with Crippen LogP contribution in [0, 0.1) is 17.2 Å². The lowest BCUT2D eigenvalue weighted by molar-refractivity contribution is -0.0271. The number of rotatable bonds is 7. The predicted molar refractivity (Wildman–Crippen MR) is 112 cm³/mol. The van der Waals surface area contributed by atoms with Crippen molar-refractivity contribution in [2.45, 2.75) is 70.6 Å². The first kappa shape index (κ1) is 22.7. The lowest BCUT2D eigenvalue weighted by Gasteiger charge is -2.32. The Labute approximate surface area is 178 Å². The predicted octanol–water partition coefficient (Wildman–Crippen LogP) is 1.89. The van der Waals surface area contributed by atoms with Crippen LogP contribution in [0.5, 0.6) is 5.88 Å². The average Bonchev–Trinajstić information content (AvgIpc) is 2.99. The molecule has 0 aromatic carbocycles. The molecule has 1 aliphatic heterocycles. The van der Waals surface area contributed by atoms with Crippen LogP contribution in [0.25, 0.3) is 0 Å². The van der Waals surface area contributed by atoms with Gasteiger partial charge in [0.15, 0.2) is 0 Å². The zero-order valence-corrected chi connectivity index (χ0v) is 18.7. The summed E-state index contributed by atoms with van der Waals surface area (Å²) in [5.41, 5.74) is -0.725. The van der Waals surface area contributed by atoms with E-state index in [2.05, 4.69) is 15.3 Å². The van der Waals surface area contributed by atoms with Gasteiger partial charge in [0.1, 0.15) is 17.7 Å². The van der Waals surface area contributed by atoms with E-state index in [1.165, 1.54) is 6.20 Å². The molecule has 2 aliphatic rings. The topological polar surface area (TPSA) is 128 Å². The zero-order valence-electron chi connectivity index (χ0n) is 17.8. The first-order valence-electron chi connectivity index (χ1n) is 10.5. The molecule has 0 unspecified atom stereocenters. The highest BCUT2D eigenvalue weighted by Gasteiger charge is 2.39. The number of hydrogen-bond acceptors (Lipinski definition) is 8. The molecule has 2 atom stereocenters. The Balaban J connectivity index is 1.63. The Morgan fingerprint density at radius 1 is 1.40 bits per heavy atom. The van der Waals surface area contributed by atoms with E-state index in [9.17, 15) is 18.8 Å². The molecule has 1 saturated carbocycles. The van der Waals surface area contributed by atoms with Crippen LogP contribution in [0.15, 0.2) is 6.20 Å². The molecule has 0 spiro atoms. The molecule has 2 heterocycles. The standard InChI is InChI=1S/C20H31N5O4S/c1-14(2)13-30(27,28)25-9-6-16(7-10-25)23-19-22-12-15(11-21)18(24-19)29-17-5-4-8-20(17,3)26/h12,14,16-17,26H,4-10,13H2,1-3H3,(H,22,23,24)/t17-,20+/m1/s1. The molecule has 30 heavy (non-hydrogen) atoms. The van der Waals surface area contributed by atoms with Crippen LogP contribution in [0.3, 0.4) is 0 Å². The summed E-state index contributed by atoms with van der Waals surface area (Å²) in [6.45, 7) is 6.45. The molecular weight excluding hydrogens is 406 g/mol. The number of aromatic nitrogens is 2. The average molecular weight is 438 g/mol. The van der Waals surface area contributed by atoms with Gasteiger partial charge in [-0.15, -0.1) is 0 Å². The van der Waals surface area contributed by atoms with Crippen molar-refractivity contribution in [2.24, 2.45) is 5.92 Å². The maximum Gasteiger partial charge on any atom is 0.236 e. The second-order valence-electron chi connectivity index (χ2n) is 8.87. The molecule has 2 N–H and O–H groups in total. The van der Waals surface area contributed by atoms with Gasteiger partial charge < -0.3 is 15.2 Å². The van der Waals surface area contributed by atoms with Crippen LogP contribution in [0.4, 0.5) is 5.95 Å². The lowest BCUT2D eigenvalue weighted by atomic mass is 10.0. The van der Waals surface area contributed by atoms with Gasteiger partial charge in [-0.1, -0.05) is 13.8 Å². The molecule has 9 nitrogen and oxygen atoms in total. The number of hydrogen-bond donors (Lipinski definition) is 2. The van der Waals surface area contributed by atoms with Crippen LogP contribution < -0.4 is 10.1 Å². The van der Waals surface area contributed by atoms with Crippen molar-refractivity contribution < 1.29 is 18.3 Å². The Morgan fingerprint density at radius 2 is 2.10 bits per heavy atom. The second kappa shape index (κ2) is 9.04. The zero-order chi connectivity index (χ0) is 21.9. The van der Waals surface area contributed by atoms with Crippen LogP contribution >= 0.6 is 0 Å². The van der Waals surface area contributed by atoms with E-state index in [4.69, 9.17) is 4.74 Å². The van der Waals surface area contributed by atoms with Gasteiger partial charge in [-0.2, -0.15) is 10.2 Å². The van der Waals surface area contributed by atoms with Gasteiger partial charge >= 0.3 is 0 Å². The van der Waals surface area contributed by atoms with Gasteiger partial charge in [0.2, 0.25) is 21.9 Å². The fourth-order valence-corrected chi connectivity index (χ4v) is 5.85. The van der Waals surface area contributed by atoms with Gasteiger partial charge in [-0.05, 0) is 44.9 Å². The van der Waals surface area contributed by atoms with Crippen LogP contribution in [-0.4, -0.2) is 64.4 Å². The normalized spacial score (nSPS) is 25.9. The third kappa shape index (κ3) is 5.39. The summed E-state index contributed by atoms with van der Waals surface area (Å²) < 4.78 is 32.3. The quantitative estimate of drug-likeness (QED) is 0.662. The minimum absolute atomic E-state index is 0.0332. The SMILES string of the molecule is CC(C)CS(=O)(=O)N1CCC(Nc2ncc(C#N)c(O[C@@H]3CCC[C@]3(C)O)n2)CC1. The highest BCUT2D eigenvalue weighted by atomic mass is 32.2. The van der Waals surface area contributed by atoms with Crippen molar-refractivity contribution >= 4 is 16.0 Å². The third-order valence-electron chi connectivity index (χ3n) is 5.70. The molecule has 3 rings (SSSR count). The molecule has 1 aliphatic carbocycles. The molecule has 2 fully saturated rings. The summed E-state index contributed by atoms with van der Waals surface area (Å²) in [5, 5.41) is 23.0. The first-order valence-corrected chi connectivity index (χ1v) is 12.1. The molecule has 1 aromatic heterocycles. The number of aliphatic hydroxyl groups is 1. The van der Waals surface area contributed by atoms with Gasteiger partial charge in [-0.25, -0.2) is 17.7 Å². The summed E-state index contributed by atoms with van der Waals surface area (Å²) in [4.78, 5) is 8.57. The second-order valence-corrected chi connectivity index (χ2v) is 10.9. The highest BCUT2D eigenvalue weighted by Crippen LogP contribution is 2.33. The molecule has 0 bridgehead atoms. The number of sulfonamides is 1. The van der Waals surface area contributed by atoms with Gasteiger partial charge in [-0.3, -0.25) is 0 Å². The molecule has 0 radical (unpaired) electrons. The van der Waals surface area contributed by atoms with Gasteiger partial charge in [0.25, 0.3) is 0 Å². The van der Waals surface area contributed by atoms with E-state index in [-0.39, 0.29) is 29.2 Å². The number of nitriles is 1. The van der Waals surface area contributed by atoms with E-state index < -0.39 is 21.7 Å². The maximum absolute atomic E-state index is 12.4. The van der Waals surface area contributed by atoms with E-state index in [0.29, 0.717) is 44.7 Å². The minimum atomic E-state index is -3.22.